The third-order valence-electron chi connectivity index (χ3n) is 2.14. The molecule has 0 unspecified atom stereocenters. The first-order chi connectivity index (χ1) is 5.29. The fraction of sp³-hybridized carbons (Fsp3) is 0.571. The Morgan fingerprint density at radius 1 is 1.64 bits per heavy atom. The molecule has 1 aromatic rings. The molecule has 1 aliphatic rings. The van der Waals surface area contributed by atoms with E-state index in [1.807, 2.05) is 4.68 Å². The van der Waals surface area contributed by atoms with E-state index in [1.54, 1.807) is 0 Å². The van der Waals surface area contributed by atoms with Crippen LogP contribution in [0.5, 0.6) is 5.75 Å². The minimum atomic E-state index is 0.303. The van der Waals surface area contributed by atoms with Crippen LogP contribution in [0.15, 0.2) is 6.20 Å². The van der Waals surface area contributed by atoms with Gasteiger partial charge in [-0.3, -0.25) is 4.68 Å². The van der Waals surface area contributed by atoms with Crippen LogP contribution < -0.4 is 0 Å². The largest absolute Gasteiger partial charge is 0.504 e. The second-order valence-electron chi connectivity index (χ2n) is 2.85. The summed E-state index contributed by atoms with van der Waals surface area (Å²) in [6, 6.07) is 0.544. The normalized spacial score (nSPS) is 18.3. The standard InChI is InChI=1S/C7H9IN2O/c8-7-6(11)4-9-10(7)5-2-1-3-5/h4-5,11H,1-3H2. The van der Waals surface area contributed by atoms with Gasteiger partial charge in [-0.2, -0.15) is 5.10 Å². The van der Waals surface area contributed by atoms with E-state index in [9.17, 15) is 5.11 Å². The average Bonchev–Trinajstić information content (AvgIpc) is 2.15. The van der Waals surface area contributed by atoms with Gasteiger partial charge in [0.1, 0.15) is 3.70 Å². The summed E-state index contributed by atoms with van der Waals surface area (Å²) in [7, 11) is 0. The van der Waals surface area contributed by atoms with E-state index < -0.39 is 0 Å². The van der Waals surface area contributed by atoms with Gasteiger partial charge in [0.25, 0.3) is 0 Å². The van der Waals surface area contributed by atoms with Crippen LogP contribution in [-0.4, -0.2) is 14.9 Å². The first-order valence-corrected chi connectivity index (χ1v) is 4.79. The average molecular weight is 264 g/mol. The van der Waals surface area contributed by atoms with Gasteiger partial charge in [-0.15, -0.1) is 0 Å². The SMILES string of the molecule is Oc1cnn(C2CCC2)c1I. The number of aromatic hydroxyl groups is 1. The molecule has 1 fully saturated rings. The van der Waals surface area contributed by atoms with E-state index in [4.69, 9.17) is 0 Å². The Morgan fingerprint density at radius 3 is 2.73 bits per heavy atom. The molecule has 0 radical (unpaired) electrons. The van der Waals surface area contributed by atoms with Crippen LogP contribution in [0.1, 0.15) is 25.3 Å². The van der Waals surface area contributed by atoms with Crippen molar-refractivity contribution in [1.29, 1.82) is 0 Å². The van der Waals surface area contributed by atoms with Crippen LogP contribution in [0.3, 0.4) is 0 Å². The smallest absolute Gasteiger partial charge is 0.167 e. The van der Waals surface area contributed by atoms with Gasteiger partial charge < -0.3 is 5.11 Å². The van der Waals surface area contributed by atoms with Gasteiger partial charge in [0.05, 0.1) is 12.2 Å². The van der Waals surface area contributed by atoms with Crippen molar-refractivity contribution in [3.8, 4) is 5.75 Å². The van der Waals surface area contributed by atoms with E-state index in [0.29, 0.717) is 11.8 Å². The van der Waals surface area contributed by atoms with Gasteiger partial charge >= 0.3 is 0 Å². The zero-order valence-corrected chi connectivity index (χ0v) is 8.15. The number of nitrogens with zero attached hydrogens (tertiary/aromatic N) is 2. The third-order valence-corrected chi connectivity index (χ3v) is 3.18. The molecule has 1 aromatic heterocycles. The number of hydrogen-bond donors (Lipinski definition) is 1. The van der Waals surface area contributed by atoms with Crippen molar-refractivity contribution in [1.82, 2.24) is 9.78 Å². The lowest BCUT2D eigenvalue weighted by Crippen LogP contribution is -2.19. The Kier molecular flexibility index (Phi) is 1.78. The zero-order valence-electron chi connectivity index (χ0n) is 6.00. The van der Waals surface area contributed by atoms with Gasteiger partial charge in [0, 0.05) is 0 Å². The number of aromatic nitrogens is 2. The first kappa shape index (κ1) is 7.39. The molecular formula is C7H9IN2O. The minimum absolute atomic E-state index is 0.303. The van der Waals surface area contributed by atoms with Crippen LogP contribution in [0.2, 0.25) is 0 Å². The molecule has 0 saturated heterocycles. The van der Waals surface area contributed by atoms with Crippen LogP contribution in [-0.2, 0) is 0 Å². The van der Waals surface area contributed by atoms with E-state index in [-0.39, 0.29) is 0 Å². The molecule has 11 heavy (non-hydrogen) atoms. The van der Waals surface area contributed by atoms with E-state index >= 15 is 0 Å². The van der Waals surface area contributed by atoms with Gasteiger partial charge in [-0.1, -0.05) is 0 Å². The van der Waals surface area contributed by atoms with Gasteiger partial charge in [0.2, 0.25) is 0 Å². The fourth-order valence-corrected chi connectivity index (χ4v) is 1.88. The molecule has 60 valence electrons. The summed E-state index contributed by atoms with van der Waals surface area (Å²) < 4.78 is 2.78. The quantitative estimate of drug-likeness (QED) is 0.787. The summed E-state index contributed by atoms with van der Waals surface area (Å²) in [6.07, 6.45) is 5.22. The summed E-state index contributed by atoms with van der Waals surface area (Å²) in [6.45, 7) is 0. The van der Waals surface area contributed by atoms with Crippen molar-refractivity contribution in [2.24, 2.45) is 0 Å². The zero-order chi connectivity index (χ0) is 7.84. The molecule has 1 saturated carbocycles. The third kappa shape index (κ3) is 1.13. The molecule has 1 N–H and O–H groups in total. The van der Waals surface area contributed by atoms with Crippen molar-refractivity contribution in [2.45, 2.75) is 25.3 Å². The van der Waals surface area contributed by atoms with Gasteiger partial charge in [-0.05, 0) is 41.9 Å². The van der Waals surface area contributed by atoms with Crippen molar-refractivity contribution in [2.75, 3.05) is 0 Å². The van der Waals surface area contributed by atoms with E-state index in [0.717, 1.165) is 3.70 Å². The molecule has 0 atom stereocenters. The molecule has 0 amide bonds. The van der Waals surface area contributed by atoms with Crippen LogP contribution in [0.25, 0.3) is 0 Å². The second-order valence-corrected chi connectivity index (χ2v) is 3.87. The molecule has 4 heteroatoms. The fourth-order valence-electron chi connectivity index (χ4n) is 1.22. The van der Waals surface area contributed by atoms with Crippen LogP contribution >= 0.6 is 22.6 Å². The lowest BCUT2D eigenvalue weighted by molar-refractivity contribution is 0.283. The highest BCUT2D eigenvalue weighted by Crippen LogP contribution is 2.34. The maximum atomic E-state index is 9.22. The van der Waals surface area contributed by atoms with Crippen molar-refractivity contribution in [3.63, 3.8) is 0 Å². The molecule has 3 nitrogen and oxygen atoms in total. The van der Waals surface area contributed by atoms with Crippen LogP contribution in [0, 0.1) is 3.70 Å². The highest BCUT2D eigenvalue weighted by atomic mass is 127. The highest BCUT2D eigenvalue weighted by Gasteiger charge is 2.22. The minimum Gasteiger partial charge on any atom is -0.504 e. The number of rotatable bonds is 1. The molecule has 0 aliphatic heterocycles. The van der Waals surface area contributed by atoms with Gasteiger partial charge in [-0.25, -0.2) is 0 Å². The van der Waals surface area contributed by atoms with Crippen molar-refractivity contribution < 1.29 is 5.11 Å². The molecule has 0 aromatic carbocycles. The Labute approximate surface area is 78.5 Å². The Bertz CT molecular complexity index is 267. The topological polar surface area (TPSA) is 38.1 Å². The van der Waals surface area contributed by atoms with Crippen molar-refractivity contribution >= 4 is 22.6 Å². The summed E-state index contributed by atoms with van der Waals surface area (Å²) in [4.78, 5) is 0. The Balaban J connectivity index is 2.29. The van der Waals surface area contributed by atoms with Gasteiger partial charge in [0.15, 0.2) is 5.75 Å². The summed E-state index contributed by atoms with van der Waals surface area (Å²) in [5.41, 5.74) is 0. The number of halogens is 1. The Morgan fingerprint density at radius 2 is 2.36 bits per heavy atom. The Hall–Kier alpha value is -0.260. The maximum absolute atomic E-state index is 9.22. The molecule has 2 rings (SSSR count). The second kappa shape index (κ2) is 2.66. The monoisotopic (exact) mass is 264 g/mol. The first-order valence-electron chi connectivity index (χ1n) is 3.71. The number of hydrogen-bond acceptors (Lipinski definition) is 2. The van der Waals surface area contributed by atoms with E-state index in [1.165, 1.54) is 25.5 Å². The molecule has 0 bridgehead atoms. The maximum Gasteiger partial charge on any atom is 0.167 e. The molecule has 1 aliphatic carbocycles. The molecule has 1 heterocycles. The predicted octanol–water partition coefficient (Wildman–Crippen LogP) is 1.92. The lowest BCUT2D eigenvalue weighted by atomic mass is 9.93. The summed E-state index contributed by atoms with van der Waals surface area (Å²) >= 11 is 2.12. The summed E-state index contributed by atoms with van der Waals surface area (Å²) in [5.74, 6) is 0.303. The summed E-state index contributed by atoms with van der Waals surface area (Å²) in [5, 5.41) is 13.3. The van der Waals surface area contributed by atoms with Crippen molar-refractivity contribution in [3.05, 3.63) is 9.90 Å². The lowest BCUT2D eigenvalue weighted by Gasteiger charge is -2.26. The predicted molar refractivity (Wildman–Crippen MR) is 49.5 cm³/mol. The van der Waals surface area contributed by atoms with E-state index in [2.05, 4.69) is 27.7 Å². The molecule has 0 spiro atoms. The van der Waals surface area contributed by atoms with Crippen LogP contribution in [0.4, 0.5) is 0 Å². The molecular weight excluding hydrogens is 255 g/mol. The highest BCUT2D eigenvalue weighted by molar-refractivity contribution is 14.1.